The molecule has 0 aliphatic carbocycles. The van der Waals surface area contributed by atoms with Gasteiger partial charge in [-0.2, -0.15) is 0 Å². The molecule has 0 saturated carbocycles. The predicted molar refractivity (Wildman–Crippen MR) is 162 cm³/mol. The van der Waals surface area contributed by atoms with E-state index in [1.165, 1.54) is 69.9 Å². The van der Waals surface area contributed by atoms with E-state index in [4.69, 9.17) is 17.3 Å². The monoisotopic (exact) mass is 546 g/mol. The molecular weight excluding hydrogens is 500 g/mol. The molecule has 37 heavy (non-hydrogen) atoms. The van der Waals surface area contributed by atoms with Gasteiger partial charge < -0.3 is 10.0 Å². The fraction of sp³-hybridized carbons (Fsp3) is 0.633. The fourth-order valence-electron chi connectivity index (χ4n) is 4.73. The van der Waals surface area contributed by atoms with Crippen molar-refractivity contribution in [1.29, 1.82) is 0 Å². The number of anilines is 1. The number of aliphatic carboxylic acids is 1. The summed E-state index contributed by atoms with van der Waals surface area (Å²) in [7, 11) is 0. The summed E-state index contributed by atoms with van der Waals surface area (Å²) < 4.78 is 0.294. The maximum absolute atomic E-state index is 12.6. The summed E-state index contributed by atoms with van der Waals surface area (Å²) in [5.41, 5.74) is 2.14. The van der Waals surface area contributed by atoms with Crippen LogP contribution in [0.25, 0.3) is 6.08 Å². The summed E-state index contributed by atoms with van der Waals surface area (Å²) in [6.45, 7) is 11.0. The van der Waals surface area contributed by atoms with Crippen LogP contribution in [0.5, 0.6) is 0 Å². The number of nitrogens with zero attached hydrogens (tertiary/aromatic N) is 2. The van der Waals surface area contributed by atoms with Gasteiger partial charge in [-0.15, -0.1) is 0 Å². The van der Waals surface area contributed by atoms with Crippen LogP contribution in [0.4, 0.5) is 5.69 Å². The number of thiocarbonyl (C=S) groups is 1. The van der Waals surface area contributed by atoms with Gasteiger partial charge in [0, 0.05) is 18.8 Å². The van der Waals surface area contributed by atoms with E-state index in [1.807, 2.05) is 12.1 Å². The van der Waals surface area contributed by atoms with E-state index in [0.717, 1.165) is 47.2 Å². The molecule has 1 amide bonds. The maximum Gasteiger partial charge on any atom is 0.323 e. The number of benzene rings is 1. The van der Waals surface area contributed by atoms with Crippen LogP contribution < -0.4 is 4.90 Å². The van der Waals surface area contributed by atoms with Gasteiger partial charge in [0.15, 0.2) is 0 Å². The highest BCUT2D eigenvalue weighted by atomic mass is 32.2. The van der Waals surface area contributed by atoms with Crippen LogP contribution in [0, 0.1) is 11.8 Å². The van der Waals surface area contributed by atoms with Gasteiger partial charge in [-0.3, -0.25) is 14.5 Å². The SMILES string of the molecule is CCCCC(C)CCCN(CCCC(C)CCCC)c1ccc(/C=C2\SC(=S)N(CC(=O)O)C2=O)cc1. The number of carbonyl (C=O) groups is 2. The largest absolute Gasteiger partial charge is 0.480 e. The Morgan fingerprint density at radius 2 is 1.49 bits per heavy atom. The van der Waals surface area contributed by atoms with Gasteiger partial charge in [0.05, 0.1) is 4.91 Å². The Bertz CT molecular complexity index is 881. The normalized spacial score (nSPS) is 16.4. The first kappa shape index (κ1) is 31.4. The van der Waals surface area contributed by atoms with Crippen LogP contribution in [0.3, 0.4) is 0 Å². The Kier molecular flexibility index (Phi) is 14.3. The minimum atomic E-state index is -1.07. The van der Waals surface area contributed by atoms with Crippen LogP contribution in [0.15, 0.2) is 29.2 Å². The lowest BCUT2D eigenvalue weighted by Gasteiger charge is -2.26. The molecule has 0 bridgehead atoms. The minimum absolute atomic E-state index is 0.294. The third kappa shape index (κ3) is 11.2. The summed E-state index contributed by atoms with van der Waals surface area (Å²) in [4.78, 5) is 27.8. The number of amides is 1. The van der Waals surface area contributed by atoms with Crippen LogP contribution >= 0.6 is 24.0 Å². The zero-order valence-electron chi connectivity index (χ0n) is 23.2. The van der Waals surface area contributed by atoms with E-state index >= 15 is 0 Å². The van der Waals surface area contributed by atoms with Crippen molar-refractivity contribution in [3.63, 3.8) is 0 Å². The molecule has 1 aromatic rings. The van der Waals surface area contributed by atoms with Crippen molar-refractivity contribution in [2.24, 2.45) is 11.8 Å². The van der Waals surface area contributed by atoms with Crippen molar-refractivity contribution in [2.45, 2.75) is 91.9 Å². The van der Waals surface area contributed by atoms with E-state index in [0.29, 0.717) is 9.23 Å². The zero-order valence-corrected chi connectivity index (χ0v) is 24.8. The van der Waals surface area contributed by atoms with E-state index in [2.05, 4.69) is 44.7 Å². The van der Waals surface area contributed by atoms with Gasteiger partial charge >= 0.3 is 5.97 Å². The smallest absolute Gasteiger partial charge is 0.323 e. The number of hydrogen-bond donors (Lipinski definition) is 1. The Balaban J connectivity index is 2.04. The second-order valence-electron chi connectivity index (χ2n) is 10.5. The summed E-state index contributed by atoms with van der Waals surface area (Å²) in [6, 6.07) is 8.37. The number of rotatable bonds is 18. The first-order valence-corrected chi connectivity index (χ1v) is 15.3. The lowest BCUT2D eigenvalue weighted by atomic mass is 9.98. The molecule has 206 valence electrons. The minimum Gasteiger partial charge on any atom is -0.480 e. The van der Waals surface area contributed by atoms with Crippen molar-refractivity contribution in [2.75, 3.05) is 24.5 Å². The molecule has 2 unspecified atom stereocenters. The molecule has 1 heterocycles. The zero-order chi connectivity index (χ0) is 27.2. The highest BCUT2D eigenvalue weighted by Crippen LogP contribution is 2.32. The molecule has 2 atom stereocenters. The molecule has 5 nitrogen and oxygen atoms in total. The van der Waals surface area contributed by atoms with E-state index in [1.54, 1.807) is 6.08 Å². The predicted octanol–water partition coefficient (Wildman–Crippen LogP) is 7.99. The van der Waals surface area contributed by atoms with Crippen LogP contribution in [0.1, 0.15) is 97.5 Å². The number of thioether (sulfide) groups is 1. The van der Waals surface area contributed by atoms with E-state index in [9.17, 15) is 9.59 Å². The number of carboxylic acid groups (broad SMARTS) is 1. The molecule has 1 aliphatic heterocycles. The van der Waals surface area contributed by atoms with Gasteiger partial charge in [-0.25, -0.2) is 0 Å². The highest BCUT2D eigenvalue weighted by molar-refractivity contribution is 8.26. The van der Waals surface area contributed by atoms with Crippen molar-refractivity contribution >= 4 is 51.9 Å². The maximum atomic E-state index is 12.6. The van der Waals surface area contributed by atoms with Gasteiger partial charge in [0.1, 0.15) is 10.9 Å². The van der Waals surface area contributed by atoms with Crippen molar-refractivity contribution in [1.82, 2.24) is 4.90 Å². The van der Waals surface area contributed by atoms with E-state index < -0.39 is 12.5 Å². The molecule has 1 saturated heterocycles. The average molecular weight is 547 g/mol. The lowest BCUT2D eigenvalue weighted by molar-refractivity contribution is -0.140. The molecule has 1 fully saturated rings. The lowest BCUT2D eigenvalue weighted by Crippen LogP contribution is -2.33. The van der Waals surface area contributed by atoms with Crippen molar-refractivity contribution in [3.05, 3.63) is 34.7 Å². The summed E-state index contributed by atoms with van der Waals surface area (Å²) >= 11 is 6.37. The van der Waals surface area contributed by atoms with Gasteiger partial charge in [0.2, 0.25) is 0 Å². The Labute approximate surface area is 234 Å². The molecule has 1 aromatic carbocycles. The molecule has 1 aliphatic rings. The second kappa shape index (κ2) is 16.9. The fourth-order valence-corrected chi connectivity index (χ4v) is 5.98. The molecular formula is C30H46N2O3S2. The molecule has 7 heteroatoms. The third-order valence-electron chi connectivity index (χ3n) is 7.07. The topological polar surface area (TPSA) is 60.9 Å². The quantitative estimate of drug-likeness (QED) is 0.149. The third-order valence-corrected chi connectivity index (χ3v) is 8.45. The number of carbonyl (C=O) groups excluding carboxylic acids is 1. The first-order chi connectivity index (χ1) is 17.7. The van der Waals surface area contributed by atoms with Crippen molar-refractivity contribution < 1.29 is 14.7 Å². The standard InChI is InChI=1S/C30H46N2O3S2/c1-5-7-11-23(3)13-9-19-31(20-10-14-24(4)12-8-6-2)26-17-15-25(16-18-26)21-27-29(35)32(22-28(33)34)30(36)37-27/h15-18,21,23-24H,5-14,19-20,22H2,1-4H3,(H,33,34)/b27-21-. The summed E-state index contributed by atoms with van der Waals surface area (Å²) in [5.74, 6) is 0.148. The van der Waals surface area contributed by atoms with Gasteiger partial charge in [-0.1, -0.05) is 102 Å². The van der Waals surface area contributed by atoms with Gasteiger partial charge in [-0.05, 0) is 61.3 Å². The molecule has 0 radical (unpaired) electrons. The van der Waals surface area contributed by atoms with Crippen LogP contribution in [-0.4, -0.2) is 45.8 Å². The van der Waals surface area contributed by atoms with Crippen molar-refractivity contribution in [3.8, 4) is 0 Å². The first-order valence-electron chi connectivity index (χ1n) is 14.1. The second-order valence-corrected chi connectivity index (χ2v) is 12.2. The number of unbranched alkanes of at least 4 members (excludes halogenated alkanes) is 2. The number of hydrogen-bond acceptors (Lipinski definition) is 5. The average Bonchev–Trinajstić information content (AvgIpc) is 3.12. The summed E-state index contributed by atoms with van der Waals surface area (Å²) in [6.07, 6.45) is 14.5. The molecule has 2 rings (SSSR count). The van der Waals surface area contributed by atoms with Crippen LogP contribution in [0.2, 0.25) is 0 Å². The van der Waals surface area contributed by atoms with E-state index in [-0.39, 0.29) is 5.91 Å². The highest BCUT2D eigenvalue weighted by Gasteiger charge is 2.33. The Morgan fingerprint density at radius 1 is 0.973 bits per heavy atom. The van der Waals surface area contributed by atoms with Crippen LogP contribution in [-0.2, 0) is 9.59 Å². The molecule has 1 N–H and O–H groups in total. The summed E-state index contributed by atoms with van der Waals surface area (Å²) in [5, 5.41) is 9.04. The molecule has 0 aromatic heterocycles. The van der Waals surface area contributed by atoms with Gasteiger partial charge in [0.25, 0.3) is 5.91 Å². The molecule has 0 spiro atoms. The number of carboxylic acids is 1. The Morgan fingerprint density at radius 3 is 1.97 bits per heavy atom. The Hall–Kier alpha value is -1.86.